The molecule has 1 aliphatic carbocycles. The van der Waals surface area contributed by atoms with E-state index >= 15 is 0 Å². The Morgan fingerprint density at radius 3 is 3.05 bits per heavy atom. The van der Waals surface area contributed by atoms with Crippen molar-refractivity contribution in [3.63, 3.8) is 0 Å². The van der Waals surface area contributed by atoms with Crippen LogP contribution in [0.2, 0.25) is 0 Å². The Balaban J connectivity index is 1.73. The molecule has 2 unspecified atom stereocenters. The van der Waals surface area contributed by atoms with Crippen molar-refractivity contribution in [2.24, 2.45) is 5.92 Å². The Kier molecular flexibility index (Phi) is 6.46. The van der Waals surface area contributed by atoms with Crippen LogP contribution >= 0.6 is 11.3 Å². The normalized spacial score (nSPS) is 23.4. The minimum atomic E-state index is 0.452. The summed E-state index contributed by atoms with van der Waals surface area (Å²) < 4.78 is 6.06. The van der Waals surface area contributed by atoms with Gasteiger partial charge in [-0.2, -0.15) is 0 Å². The zero-order valence-electron chi connectivity index (χ0n) is 13.0. The Labute approximate surface area is 127 Å². The van der Waals surface area contributed by atoms with Crippen molar-refractivity contribution >= 4 is 11.3 Å². The van der Waals surface area contributed by atoms with Crippen molar-refractivity contribution in [2.75, 3.05) is 0 Å². The van der Waals surface area contributed by atoms with E-state index in [4.69, 9.17) is 4.74 Å². The van der Waals surface area contributed by atoms with Gasteiger partial charge in [-0.15, -0.1) is 11.3 Å². The molecule has 2 rings (SSSR count). The summed E-state index contributed by atoms with van der Waals surface area (Å²) in [6.07, 6.45) is 6.92. The zero-order valence-corrected chi connectivity index (χ0v) is 13.8. The van der Waals surface area contributed by atoms with E-state index in [0.717, 1.165) is 23.2 Å². The van der Waals surface area contributed by atoms with Crippen LogP contribution in [-0.4, -0.2) is 17.1 Å². The van der Waals surface area contributed by atoms with Gasteiger partial charge >= 0.3 is 0 Å². The largest absolute Gasteiger partial charge is 0.372 e. The topological polar surface area (TPSA) is 34.1 Å². The molecule has 1 fully saturated rings. The molecule has 0 aliphatic heterocycles. The van der Waals surface area contributed by atoms with Crippen molar-refractivity contribution in [3.05, 3.63) is 16.1 Å². The van der Waals surface area contributed by atoms with E-state index in [1.807, 2.05) is 0 Å². The van der Waals surface area contributed by atoms with Crippen molar-refractivity contribution in [1.82, 2.24) is 10.3 Å². The summed E-state index contributed by atoms with van der Waals surface area (Å²) in [5.74, 6) is 0.870. The van der Waals surface area contributed by atoms with Crippen LogP contribution in [0.3, 0.4) is 0 Å². The minimum absolute atomic E-state index is 0.452. The van der Waals surface area contributed by atoms with Gasteiger partial charge in [0.05, 0.1) is 18.4 Å². The molecule has 1 aromatic rings. The molecule has 0 amide bonds. The number of hydrogen-bond acceptors (Lipinski definition) is 4. The molecule has 0 aromatic carbocycles. The van der Waals surface area contributed by atoms with Gasteiger partial charge in [0.15, 0.2) is 0 Å². The third-order valence-electron chi connectivity index (χ3n) is 4.04. The summed E-state index contributed by atoms with van der Waals surface area (Å²) in [5, 5.41) is 6.70. The summed E-state index contributed by atoms with van der Waals surface area (Å²) in [7, 11) is 0. The average molecular weight is 296 g/mol. The SMILES string of the molecule is CCC1CCCC(OCc2csc(CNC(C)C)n2)C1. The van der Waals surface area contributed by atoms with Gasteiger partial charge in [-0.05, 0) is 18.8 Å². The lowest BCUT2D eigenvalue weighted by atomic mass is 9.85. The van der Waals surface area contributed by atoms with Crippen molar-refractivity contribution in [2.45, 2.75) is 78.2 Å². The second kappa shape index (κ2) is 8.11. The maximum atomic E-state index is 6.06. The molecule has 114 valence electrons. The van der Waals surface area contributed by atoms with Gasteiger partial charge in [0.25, 0.3) is 0 Å². The fourth-order valence-corrected chi connectivity index (χ4v) is 3.48. The maximum Gasteiger partial charge on any atom is 0.107 e. The number of nitrogens with one attached hydrogen (secondary N) is 1. The van der Waals surface area contributed by atoms with Gasteiger partial charge < -0.3 is 10.1 Å². The third kappa shape index (κ3) is 5.15. The van der Waals surface area contributed by atoms with E-state index in [1.54, 1.807) is 11.3 Å². The van der Waals surface area contributed by atoms with Crippen molar-refractivity contribution in [3.8, 4) is 0 Å². The number of aromatic nitrogens is 1. The number of ether oxygens (including phenoxy) is 1. The van der Waals surface area contributed by atoms with Gasteiger partial charge in [-0.3, -0.25) is 0 Å². The molecular weight excluding hydrogens is 268 g/mol. The van der Waals surface area contributed by atoms with Crippen LogP contribution < -0.4 is 5.32 Å². The minimum Gasteiger partial charge on any atom is -0.372 e. The molecule has 0 spiro atoms. The monoisotopic (exact) mass is 296 g/mol. The number of rotatable bonds is 7. The smallest absolute Gasteiger partial charge is 0.107 e. The first-order valence-corrected chi connectivity index (χ1v) is 8.83. The van der Waals surface area contributed by atoms with E-state index in [-0.39, 0.29) is 0 Å². The average Bonchev–Trinajstić information content (AvgIpc) is 2.91. The third-order valence-corrected chi connectivity index (χ3v) is 4.94. The lowest BCUT2D eigenvalue weighted by Gasteiger charge is -2.28. The molecule has 0 bridgehead atoms. The van der Waals surface area contributed by atoms with Gasteiger partial charge in [0, 0.05) is 18.0 Å². The fraction of sp³-hybridized carbons (Fsp3) is 0.812. The fourth-order valence-electron chi connectivity index (χ4n) is 2.75. The van der Waals surface area contributed by atoms with E-state index in [2.05, 4.69) is 36.5 Å². The summed E-state index contributed by atoms with van der Waals surface area (Å²) in [5.41, 5.74) is 1.09. The van der Waals surface area contributed by atoms with Crippen LogP contribution in [0.5, 0.6) is 0 Å². The van der Waals surface area contributed by atoms with Gasteiger partial charge in [0.1, 0.15) is 5.01 Å². The first-order valence-electron chi connectivity index (χ1n) is 7.95. The molecule has 1 N–H and O–H groups in total. The number of thiazole rings is 1. The molecule has 0 saturated heterocycles. The lowest BCUT2D eigenvalue weighted by molar-refractivity contribution is 0.000498. The Morgan fingerprint density at radius 2 is 2.30 bits per heavy atom. The highest BCUT2D eigenvalue weighted by Gasteiger charge is 2.21. The summed E-state index contributed by atoms with van der Waals surface area (Å²) in [6, 6.07) is 0.506. The first kappa shape index (κ1) is 15.9. The van der Waals surface area contributed by atoms with Crippen LogP contribution in [0.25, 0.3) is 0 Å². The standard InChI is InChI=1S/C16H28N2OS/c1-4-13-6-5-7-15(8-13)19-10-14-11-20-16(18-14)9-17-12(2)3/h11-13,15,17H,4-10H2,1-3H3. The van der Waals surface area contributed by atoms with Crippen molar-refractivity contribution in [1.29, 1.82) is 0 Å². The lowest BCUT2D eigenvalue weighted by Crippen LogP contribution is -2.22. The number of nitrogens with zero attached hydrogens (tertiary/aromatic N) is 1. The molecule has 1 aromatic heterocycles. The molecule has 0 radical (unpaired) electrons. The molecule has 3 nitrogen and oxygen atoms in total. The molecule has 2 atom stereocenters. The maximum absolute atomic E-state index is 6.06. The first-order chi connectivity index (χ1) is 9.67. The van der Waals surface area contributed by atoms with Gasteiger partial charge in [-0.25, -0.2) is 4.98 Å². The van der Waals surface area contributed by atoms with Crippen LogP contribution in [0.1, 0.15) is 63.6 Å². The van der Waals surface area contributed by atoms with Gasteiger partial charge in [0.2, 0.25) is 0 Å². The summed E-state index contributed by atoms with van der Waals surface area (Å²) in [6.45, 7) is 8.15. The van der Waals surface area contributed by atoms with E-state index in [1.165, 1.54) is 32.1 Å². The zero-order chi connectivity index (χ0) is 14.4. The molecule has 20 heavy (non-hydrogen) atoms. The van der Waals surface area contributed by atoms with Crippen molar-refractivity contribution < 1.29 is 4.74 Å². The second-order valence-electron chi connectivity index (χ2n) is 6.14. The Hall–Kier alpha value is -0.450. The predicted molar refractivity (Wildman–Crippen MR) is 84.9 cm³/mol. The van der Waals surface area contributed by atoms with Crippen LogP contribution in [0.4, 0.5) is 0 Å². The van der Waals surface area contributed by atoms with Gasteiger partial charge in [-0.1, -0.05) is 40.0 Å². The Bertz CT molecular complexity index is 392. The highest BCUT2D eigenvalue weighted by atomic mass is 32.1. The summed E-state index contributed by atoms with van der Waals surface area (Å²) >= 11 is 1.73. The number of hydrogen-bond donors (Lipinski definition) is 1. The Morgan fingerprint density at radius 1 is 1.45 bits per heavy atom. The quantitative estimate of drug-likeness (QED) is 0.821. The highest BCUT2D eigenvalue weighted by Crippen LogP contribution is 2.29. The van der Waals surface area contributed by atoms with Crippen LogP contribution in [-0.2, 0) is 17.9 Å². The summed E-state index contributed by atoms with van der Waals surface area (Å²) in [4.78, 5) is 4.64. The molecule has 4 heteroatoms. The molecule has 1 aliphatic rings. The van der Waals surface area contributed by atoms with Crippen LogP contribution in [0.15, 0.2) is 5.38 Å². The predicted octanol–water partition coefficient (Wildman–Crippen LogP) is 4.13. The van der Waals surface area contributed by atoms with Crippen LogP contribution in [0, 0.1) is 5.92 Å². The van der Waals surface area contributed by atoms with E-state index in [9.17, 15) is 0 Å². The molecular formula is C16H28N2OS. The molecule has 1 heterocycles. The highest BCUT2D eigenvalue weighted by molar-refractivity contribution is 7.09. The molecule has 1 saturated carbocycles. The van der Waals surface area contributed by atoms with E-state index < -0.39 is 0 Å². The van der Waals surface area contributed by atoms with E-state index in [0.29, 0.717) is 18.8 Å². The second-order valence-corrected chi connectivity index (χ2v) is 7.08.